The van der Waals surface area contributed by atoms with E-state index in [0.717, 1.165) is 14.0 Å². The first-order valence-electron chi connectivity index (χ1n) is 4.82. The average Bonchev–Trinajstić information content (AvgIpc) is 2.74. The molecule has 4 heteroatoms. The molecule has 0 radical (unpaired) electrons. The fourth-order valence-electron chi connectivity index (χ4n) is 1.33. The van der Waals surface area contributed by atoms with E-state index in [9.17, 15) is 4.79 Å². The minimum Gasteiger partial charge on any atom is -0.348 e. The van der Waals surface area contributed by atoms with Gasteiger partial charge in [0.1, 0.15) is 0 Å². The quantitative estimate of drug-likeness (QED) is 0.852. The summed E-state index contributed by atoms with van der Waals surface area (Å²) in [6.45, 7) is 0.575. The largest absolute Gasteiger partial charge is 0.348 e. The molecule has 1 N–H and O–H groups in total. The predicted octanol–water partition coefficient (Wildman–Crippen LogP) is 3.28. The Labute approximate surface area is 112 Å². The average molecular weight is 343 g/mol. The molecule has 0 unspecified atom stereocenters. The van der Waals surface area contributed by atoms with Gasteiger partial charge < -0.3 is 5.32 Å². The third-order valence-corrected chi connectivity index (χ3v) is 4.20. The lowest BCUT2D eigenvalue weighted by Crippen LogP contribution is -2.22. The maximum Gasteiger partial charge on any atom is 0.253 e. The molecule has 1 aromatic carbocycles. The summed E-state index contributed by atoms with van der Waals surface area (Å²) in [4.78, 5) is 11.8. The van der Waals surface area contributed by atoms with E-state index < -0.39 is 0 Å². The van der Waals surface area contributed by atoms with E-state index in [1.165, 1.54) is 0 Å². The van der Waals surface area contributed by atoms with Gasteiger partial charge in [0.05, 0.1) is 8.45 Å². The fourth-order valence-corrected chi connectivity index (χ4v) is 2.81. The normalized spacial score (nSPS) is 10.1. The Kier molecular flexibility index (Phi) is 3.95. The summed E-state index contributed by atoms with van der Waals surface area (Å²) in [6, 6.07) is 11.8. The van der Waals surface area contributed by atoms with E-state index in [2.05, 4.69) is 27.9 Å². The summed E-state index contributed by atoms with van der Waals surface area (Å²) in [6.07, 6.45) is 0. The zero-order valence-corrected chi connectivity index (χ0v) is 11.4. The highest BCUT2D eigenvalue weighted by atomic mass is 127. The number of amides is 1. The first kappa shape index (κ1) is 11.6. The Morgan fingerprint density at radius 1 is 1.25 bits per heavy atom. The van der Waals surface area contributed by atoms with Crippen LogP contribution in [0.15, 0.2) is 41.8 Å². The Morgan fingerprint density at radius 3 is 2.62 bits per heavy atom. The van der Waals surface area contributed by atoms with Gasteiger partial charge in [0.2, 0.25) is 0 Å². The van der Waals surface area contributed by atoms with Crippen molar-refractivity contribution in [3.63, 3.8) is 0 Å². The third-order valence-electron chi connectivity index (χ3n) is 2.16. The molecule has 1 heterocycles. The Balaban J connectivity index is 1.97. The maximum atomic E-state index is 11.8. The summed E-state index contributed by atoms with van der Waals surface area (Å²) in [7, 11) is 0. The van der Waals surface area contributed by atoms with E-state index in [0.29, 0.717) is 6.54 Å². The minimum absolute atomic E-state index is 0.00509. The zero-order valence-electron chi connectivity index (χ0n) is 8.44. The zero-order chi connectivity index (χ0) is 11.4. The Morgan fingerprint density at radius 2 is 2.00 bits per heavy atom. The molecule has 0 aliphatic heterocycles. The molecular weight excluding hydrogens is 333 g/mol. The number of hydrogen-bond donors (Lipinski definition) is 1. The van der Waals surface area contributed by atoms with E-state index >= 15 is 0 Å². The number of benzene rings is 1. The molecule has 16 heavy (non-hydrogen) atoms. The first-order chi connectivity index (χ1) is 7.77. The Hall–Kier alpha value is -0.880. The molecule has 82 valence electrons. The van der Waals surface area contributed by atoms with Gasteiger partial charge in [-0.15, -0.1) is 11.3 Å². The number of carbonyl (C=O) groups excluding carboxylic acids is 1. The lowest BCUT2D eigenvalue weighted by atomic mass is 10.2. The highest BCUT2D eigenvalue weighted by Gasteiger charge is 2.09. The highest BCUT2D eigenvalue weighted by Crippen LogP contribution is 2.18. The van der Waals surface area contributed by atoms with Crippen molar-refractivity contribution in [1.82, 2.24) is 5.32 Å². The van der Waals surface area contributed by atoms with Gasteiger partial charge in [0.25, 0.3) is 5.91 Å². The summed E-state index contributed by atoms with van der Waals surface area (Å²) >= 11 is 3.76. The van der Waals surface area contributed by atoms with E-state index in [4.69, 9.17) is 0 Å². The van der Waals surface area contributed by atoms with Crippen LogP contribution in [-0.2, 0) is 6.54 Å². The van der Waals surface area contributed by atoms with Crippen LogP contribution in [0.3, 0.4) is 0 Å². The third kappa shape index (κ3) is 2.82. The summed E-state index contributed by atoms with van der Waals surface area (Å²) < 4.78 is 1.03. The molecule has 2 aromatic rings. The van der Waals surface area contributed by atoms with Crippen molar-refractivity contribution < 1.29 is 4.79 Å². The van der Waals surface area contributed by atoms with Crippen LogP contribution in [0.25, 0.3) is 0 Å². The van der Waals surface area contributed by atoms with Crippen molar-refractivity contribution in [3.8, 4) is 0 Å². The molecular formula is C12H10INOS. The molecule has 0 saturated carbocycles. The fraction of sp³-hybridized carbons (Fsp3) is 0.0833. The molecule has 0 spiro atoms. The SMILES string of the molecule is O=C(NCc1ccccc1)c1ccsc1I. The number of hydrogen-bond acceptors (Lipinski definition) is 2. The minimum atomic E-state index is -0.00509. The number of thiophene rings is 1. The van der Waals surface area contributed by atoms with E-state index in [1.54, 1.807) is 11.3 Å². The van der Waals surface area contributed by atoms with Crippen LogP contribution < -0.4 is 5.32 Å². The second-order valence-electron chi connectivity index (χ2n) is 3.28. The molecule has 0 aliphatic rings. The van der Waals surface area contributed by atoms with Crippen LogP contribution in [0.4, 0.5) is 0 Å². The number of halogens is 1. The Bertz CT molecular complexity index is 481. The van der Waals surface area contributed by atoms with Crippen molar-refractivity contribution in [2.45, 2.75) is 6.54 Å². The van der Waals surface area contributed by atoms with Gasteiger partial charge in [-0.3, -0.25) is 4.79 Å². The standard InChI is InChI=1S/C12H10INOS/c13-11-10(6-7-16-11)12(15)14-8-9-4-2-1-3-5-9/h1-7H,8H2,(H,14,15). The lowest BCUT2D eigenvalue weighted by molar-refractivity contribution is 0.0950. The maximum absolute atomic E-state index is 11.8. The van der Waals surface area contributed by atoms with Crippen molar-refractivity contribution in [2.24, 2.45) is 0 Å². The molecule has 0 saturated heterocycles. The van der Waals surface area contributed by atoms with Gasteiger partial charge in [-0.25, -0.2) is 0 Å². The number of rotatable bonds is 3. The molecule has 1 amide bonds. The van der Waals surface area contributed by atoms with Gasteiger partial charge in [0.15, 0.2) is 0 Å². The molecule has 0 atom stereocenters. The molecule has 2 nitrogen and oxygen atoms in total. The molecule has 1 aromatic heterocycles. The number of carbonyl (C=O) groups is 1. The van der Waals surface area contributed by atoms with Gasteiger partial charge in [-0.1, -0.05) is 30.3 Å². The van der Waals surface area contributed by atoms with Gasteiger partial charge in [-0.2, -0.15) is 0 Å². The summed E-state index contributed by atoms with van der Waals surface area (Å²) in [5, 5.41) is 4.83. The van der Waals surface area contributed by atoms with E-state index in [-0.39, 0.29) is 5.91 Å². The summed E-state index contributed by atoms with van der Waals surface area (Å²) in [5.74, 6) is -0.00509. The first-order valence-corrected chi connectivity index (χ1v) is 6.78. The van der Waals surface area contributed by atoms with Crippen LogP contribution in [0.1, 0.15) is 15.9 Å². The van der Waals surface area contributed by atoms with Gasteiger partial charge in [-0.05, 0) is 39.6 Å². The smallest absolute Gasteiger partial charge is 0.253 e. The van der Waals surface area contributed by atoms with E-state index in [1.807, 2.05) is 41.8 Å². The van der Waals surface area contributed by atoms with Crippen LogP contribution in [-0.4, -0.2) is 5.91 Å². The predicted molar refractivity (Wildman–Crippen MR) is 74.6 cm³/mol. The van der Waals surface area contributed by atoms with Crippen LogP contribution in [0.5, 0.6) is 0 Å². The lowest BCUT2D eigenvalue weighted by Gasteiger charge is -2.04. The molecule has 2 rings (SSSR count). The van der Waals surface area contributed by atoms with Crippen molar-refractivity contribution in [2.75, 3.05) is 0 Å². The molecule has 0 fully saturated rings. The monoisotopic (exact) mass is 343 g/mol. The number of nitrogens with one attached hydrogen (secondary N) is 1. The second-order valence-corrected chi connectivity index (χ2v) is 6.00. The second kappa shape index (κ2) is 5.45. The highest BCUT2D eigenvalue weighted by molar-refractivity contribution is 14.1. The molecule has 0 bridgehead atoms. The van der Waals surface area contributed by atoms with Crippen LogP contribution in [0.2, 0.25) is 0 Å². The van der Waals surface area contributed by atoms with Crippen LogP contribution in [0, 0.1) is 2.88 Å². The topological polar surface area (TPSA) is 29.1 Å². The molecule has 0 aliphatic carbocycles. The van der Waals surface area contributed by atoms with Crippen molar-refractivity contribution in [3.05, 3.63) is 55.8 Å². The summed E-state index contributed by atoms with van der Waals surface area (Å²) in [5.41, 5.74) is 1.88. The van der Waals surface area contributed by atoms with Crippen molar-refractivity contribution >= 4 is 39.8 Å². The van der Waals surface area contributed by atoms with Crippen molar-refractivity contribution in [1.29, 1.82) is 0 Å². The van der Waals surface area contributed by atoms with Gasteiger partial charge >= 0.3 is 0 Å². The van der Waals surface area contributed by atoms with Gasteiger partial charge in [0, 0.05) is 6.54 Å². The van der Waals surface area contributed by atoms with Crippen LogP contribution >= 0.6 is 33.9 Å².